The topological polar surface area (TPSA) is 588 Å². The molecule has 0 spiro atoms. The summed E-state index contributed by atoms with van der Waals surface area (Å²) in [6.45, 7) is 11.4. The molecule has 0 saturated heterocycles. The van der Waals surface area contributed by atoms with E-state index in [2.05, 4.69) is 115 Å². The fourth-order valence-corrected chi connectivity index (χ4v) is 9.84. The second-order valence-corrected chi connectivity index (χ2v) is 26.2. The normalized spacial score (nSPS) is 15.3. The van der Waals surface area contributed by atoms with Crippen molar-refractivity contribution in [2.45, 2.75) is 179 Å². The van der Waals surface area contributed by atoms with Crippen LogP contribution < -0.4 is 63.8 Å². The van der Waals surface area contributed by atoms with Crippen LogP contribution in [0.1, 0.15) is 104 Å². The number of phenols is 1. The molecule has 39 nitrogen and oxygen atoms in total. The number of imidazole rings is 1. The van der Waals surface area contributed by atoms with E-state index in [1.54, 1.807) is 40.8 Å². The van der Waals surface area contributed by atoms with Crippen molar-refractivity contribution in [3.63, 3.8) is 0 Å². The maximum Gasteiger partial charge on any atom is 0.246 e. The first-order valence-corrected chi connectivity index (χ1v) is 32.6. The van der Waals surface area contributed by atoms with Gasteiger partial charge in [-0.2, -0.15) is 10.4 Å². The highest BCUT2D eigenvalue weighted by molar-refractivity contribution is 6.06. The Balaban J connectivity index is 1.32. The van der Waals surface area contributed by atoms with Gasteiger partial charge in [0.25, 0.3) is 0 Å². The molecule has 12 amide bonds. The lowest BCUT2D eigenvalue weighted by Crippen LogP contribution is -2.67. The third-order valence-corrected chi connectivity index (χ3v) is 16.1. The van der Waals surface area contributed by atoms with E-state index in [9.17, 15) is 83.1 Å². The molecule has 0 aliphatic heterocycles. The third-order valence-electron chi connectivity index (χ3n) is 16.1. The monoisotopic (exact) mass is 1450 g/mol. The number of aromatic amines is 3. The van der Waals surface area contributed by atoms with Gasteiger partial charge < -0.3 is 94.3 Å². The summed E-state index contributed by atoms with van der Waals surface area (Å²) in [7, 11) is 0. The van der Waals surface area contributed by atoms with E-state index in [0.29, 0.717) is 24.1 Å². The summed E-state index contributed by atoms with van der Waals surface area (Å²) < 4.78 is 15.5. The second-order valence-electron chi connectivity index (χ2n) is 26.2. The van der Waals surface area contributed by atoms with E-state index >= 15 is 4.39 Å². The maximum atomic E-state index is 15.5. The highest BCUT2D eigenvalue weighted by Gasteiger charge is 2.44. The van der Waals surface area contributed by atoms with Gasteiger partial charge in [0, 0.05) is 56.1 Å². The molecule has 0 radical (unpaired) electrons. The number of nitrogens with one attached hydrogen (secondary N) is 15. The number of aromatic nitrogens is 10. The van der Waals surface area contributed by atoms with Crippen molar-refractivity contribution in [2.75, 3.05) is 26.3 Å². The van der Waals surface area contributed by atoms with Gasteiger partial charge in [0.2, 0.25) is 70.9 Å². The molecule has 3 heterocycles. The van der Waals surface area contributed by atoms with Crippen LogP contribution in [0.4, 0.5) is 4.39 Å². The first-order chi connectivity index (χ1) is 48.5. The van der Waals surface area contributed by atoms with Crippen molar-refractivity contribution in [3.05, 3.63) is 95.3 Å². The van der Waals surface area contributed by atoms with Gasteiger partial charge in [0.05, 0.1) is 38.3 Å². The highest BCUT2D eigenvalue weighted by atomic mass is 19.1. The standard InChI is InChI=1S/C63H91FN22O17/c1-11-31(2)47(56(99)77-61(5,6)7)75-54(97)43(29-88)71-51(94)39(22-34-16-18-37(91)19-17-34)69-52(95)41(24-45-81-85-86-82-45)70-53(96)42(28-87)72-55(98)48(32(3)89)76-60(103)63(10,25-35-14-12-13-15-38(35)64)78-57(100)49(33(4)90)74-46(92)27-67-50(93)40(23-44-79-83-84-80-44)73-59(102)62(8,9)58(101)66-21-20-36-26-65-30-68-36/h12-19,26,30-33,39-43,47-49,87-91H,11,20-25,27-29H2,1-10H3,(H,65,68)(H,66,101)(H,67,93)(H,69,95)(H,70,96)(H,71,94)(H,72,98)(H,73,102)(H,74,92)(H,75,97)(H,76,103)(H,77,99)(H,78,100)(H,79,80,83,84)(H,81,82,85,86)/t31-,32-,33-,39?,40+,41?,42+,43+,47?,48?,49?,63+/m1/s1. The van der Waals surface area contributed by atoms with Gasteiger partial charge in [-0.25, -0.2) is 9.37 Å². The van der Waals surface area contributed by atoms with Crippen molar-refractivity contribution in [2.24, 2.45) is 11.3 Å². The molecule has 0 bridgehead atoms. The molecule has 0 aliphatic rings. The van der Waals surface area contributed by atoms with Gasteiger partial charge in [-0.05, 0) is 90.6 Å². The number of aliphatic hydroxyl groups excluding tert-OH is 4. The summed E-state index contributed by atoms with van der Waals surface area (Å²) >= 11 is 0. The van der Waals surface area contributed by atoms with Crippen molar-refractivity contribution >= 4 is 70.9 Å². The molecule has 2 aromatic carbocycles. The molecule has 5 rings (SSSR count). The van der Waals surface area contributed by atoms with Gasteiger partial charge >= 0.3 is 0 Å². The van der Waals surface area contributed by atoms with Crippen LogP contribution in [0, 0.1) is 17.2 Å². The zero-order valence-corrected chi connectivity index (χ0v) is 58.3. The smallest absolute Gasteiger partial charge is 0.246 e. The number of rotatable bonds is 39. The SMILES string of the molecule is CC[C@@H](C)C(NC(=O)[C@H](CO)NC(=O)C(Cc1ccc(O)cc1)NC(=O)C(Cc1nn[nH]n1)NC(=O)[C@H](CO)NC(=O)C(NC(=O)[C@](C)(Cc1ccccc1F)NC(=O)C(NC(=O)CNC(=O)[C@H](Cc1nn[nH]n1)NC(=O)C(C)(C)C(=O)NCCc1cnc[nH]1)[C@@H](C)O)[C@@H](C)O)C(=O)NC(C)(C)C. The quantitative estimate of drug-likeness (QED) is 0.0163. The average Bonchev–Trinajstić information content (AvgIpc) is 1.37. The Kier molecular flexibility index (Phi) is 30.6. The molecule has 0 fully saturated rings. The molecular weight excluding hydrogens is 1360 g/mol. The van der Waals surface area contributed by atoms with E-state index < -0.39 is 199 Å². The molecule has 0 saturated carbocycles. The van der Waals surface area contributed by atoms with Crippen LogP contribution in [0.2, 0.25) is 0 Å². The minimum absolute atomic E-state index is 0.0659. The molecule has 5 aromatic rings. The van der Waals surface area contributed by atoms with Crippen LogP contribution in [0.3, 0.4) is 0 Å². The molecule has 5 unspecified atom stereocenters. The lowest BCUT2D eigenvalue weighted by Gasteiger charge is -2.34. The predicted octanol–water partition coefficient (Wildman–Crippen LogP) is -6.49. The molecule has 40 heteroatoms. The lowest BCUT2D eigenvalue weighted by molar-refractivity contribution is -0.143. The van der Waals surface area contributed by atoms with E-state index in [1.807, 2.05) is 0 Å². The van der Waals surface area contributed by atoms with E-state index in [0.717, 1.165) is 26.8 Å². The summed E-state index contributed by atoms with van der Waals surface area (Å²) in [5.74, 6) is -14.5. The number of hydrogen-bond donors (Lipinski definition) is 20. The first-order valence-electron chi connectivity index (χ1n) is 32.6. The number of aliphatic hydroxyl groups is 4. The summed E-state index contributed by atoms with van der Waals surface area (Å²) in [4.78, 5) is 174. The number of hydrogen-bond acceptors (Lipinski definition) is 24. The number of carbonyl (C=O) groups is 12. The Morgan fingerprint density at radius 3 is 1.58 bits per heavy atom. The van der Waals surface area contributed by atoms with Crippen molar-refractivity contribution in [1.82, 2.24) is 115 Å². The van der Waals surface area contributed by atoms with Gasteiger partial charge in [0.15, 0.2) is 11.6 Å². The predicted molar refractivity (Wildman–Crippen MR) is 357 cm³/mol. The van der Waals surface area contributed by atoms with Crippen molar-refractivity contribution < 1.29 is 87.5 Å². The van der Waals surface area contributed by atoms with Gasteiger partial charge in [-0.15, -0.1) is 20.4 Å². The molecule has 103 heavy (non-hydrogen) atoms. The van der Waals surface area contributed by atoms with Crippen molar-refractivity contribution in [3.8, 4) is 5.75 Å². The van der Waals surface area contributed by atoms with Crippen LogP contribution in [0.25, 0.3) is 0 Å². The summed E-state index contributed by atoms with van der Waals surface area (Å²) in [6, 6.07) is -3.56. The number of benzene rings is 2. The fraction of sp³-hybridized carbons (Fsp3) is 0.540. The summed E-state index contributed by atoms with van der Waals surface area (Å²) in [5.41, 5.74) is -4.02. The van der Waals surface area contributed by atoms with Crippen LogP contribution in [0.5, 0.6) is 5.75 Å². The number of halogens is 1. The van der Waals surface area contributed by atoms with Gasteiger partial charge in [-0.1, -0.05) is 61.0 Å². The largest absolute Gasteiger partial charge is 0.508 e. The number of H-pyrrole nitrogens is 3. The number of nitrogens with zero attached hydrogens (tertiary/aromatic N) is 7. The lowest BCUT2D eigenvalue weighted by atomic mass is 9.90. The summed E-state index contributed by atoms with van der Waals surface area (Å²) in [5, 5.41) is 109. The second kappa shape index (κ2) is 38.2. The Morgan fingerprint density at radius 2 is 1.07 bits per heavy atom. The zero-order valence-electron chi connectivity index (χ0n) is 58.3. The molecule has 20 N–H and O–H groups in total. The number of tetrazole rings is 2. The Labute approximate surface area is 589 Å². The zero-order chi connectivity index (χ0) is 76.5. The number of amides is 12. The van der Waals surface area contributed by atoms with E-state index in [4.69, 9.17) is 0 Å². The van der Waals surface area contributed by atoms with Crippen molar-refractivity contribution in [1.29, 1.82) is 0 Å². The van der Waals surface area contributed by atoms with Crippen LogP contribution in [-0.4, -0.2) is 246 Å². The fourth-order valence-electron chi connectivity index (χ4n) is 9.84. The maximum absolute atomic E-state index is 15.5. The minimum atomic E-state index is -2.39. The molecular formula is C63H91FN22O17. The Hall–Kier alpha value is -11.0. The molecule has 0 aliphatic carbocycles. The minimum Gasteiger partial charge on any atom is -0.508 e. The highest BCUT2D eigenvalue weighted by Crippen LogP contribution is 2.21. The number of aromatic hydroxyl groups is 1. The molecule has 12 atom stereocenters. The van der Waals surface area contributed by atoms with E-state index in [1.165, 1.54) is 62.6 Å². The average molecular weight is 1450 g/mol. The third kappa shape index (κ3) is 25.2. The number of carbonyl (C=O) groups excluding carboxylic acids is 12. The first kappa shape index (κ1) is 82.7. The molecule has 562 valence electrons. The Bertz CT molecular complexity index is 3690. The van der Waals surface area contributed by atoms with E-state index in [-0.39, 0.29) is 35.9 Å². The summed E-state index contributed by atoms with van der Waals surface area (Å²) in [6.07, 6.45) is -1.95. The van der Waals surface area contributed by atoms with Crippen LogP contribution in [0.15, 0.2) is 61.1 Å². The van der Waals surface area contributed by atoms with Gasteiger partial charge in [-0.3, -0.25) is 57.5 Å². The van der Waals surface area contributed by atoms with Crippen LogP contribution in [-0.2, 0) is 89.6 Å². The number of phenolic OH excluding ortho intramolecular Hbond substituents is 1. The van der Waals surface area contributed by atoms with Gasteiger partial charge in [0.1, 0.15) is 70.9 Å². The molecule has 3 aromatic heterocycles. The Morgan fingerprint density at radius 1 is 0.553 bits per heavy atom. The van der Waals surface area contributed by atoms with Crippen LogP contribution >= 0.6 is 0 Å².